The summed E-state index contributed by atoms with van der Waals surface area (Å²) >= 11 is 0. The third kappa shape index (κ3) is 4.65. The first-order valence-corrected chi connectivity index (χ1v) is 13.3. The van der Waals surface area contributed by atoms with Gasteiger partial charge in [0.2, 0.25) is 5.95 Å². The molecule has 0 atom stereocenters. The molecule has 0 spiro atoms. The van der Waals surface area contributed by atoms with E-state index < -0.39 is 17.6 Å². The van der Waals surface area contributed by atoms with Crippen LogP contribution < -0.4 is 26.6 Å². The lowest BCUT2D eigenvalue weighted by Gasteiger charge is -2.32. The summed E-state index contributed by atoms with van der Waals surface area (Å²) < 4.78 is 0. The van der Waals surface area contributed by atoms with Crippen LogP contribution in [0.15, 0.2) is 30.5 Å². The minimum absolute atomic E-state index is 0.0852. The Hall–Kier alpha value is -4.42. The molecule has 4 heterocycles. The van der Waals surface area contributed by atoms with E-state index in [2.05, 4.69) is 29.1 Å². The Balaban J connectivity index is 1.39. The first kappa shape index (κ1) is 27.2. The average Bonchev–Trinajstić information content (AvgIpc) is 3.26. The van der Waals surface area contributed by atoms with E-state index in [4.69, 9.17) is 11.5 Å². The van der Waals surface area contributed by atoms with Crippen LogP contribution in [0.25, 0.3) is 0 Å². The second kappa shape index (κ2) is 9.65. The van der Waals surface area contributed by atoms with Gasteiger partial charge in [-0.15, -0.1) is 0 Å². The number of urea groups is 3. The molecule has 0 radical (unpaired) electrons. The molecule has 7 amide bonds. The number of carbonyl (C=O) groups is 4. The molecule has 40 heavy (non-hydrogen) atoms. The van der Waals surface area contributed by atoms with Gasteiger partial charge in [-0.1, -0.05) is 19.9 Å². The zero-order chi connectivity index (χ0) is 29.0. The van der Waals surface area contributed by atoms with Crippen LogP contribution in [0.5, 0.6) is 0 Å². The van der Waals surface area contributed by atoms with E-state index in [1.54, 1.807) is 41.8 Å². The van der Waals surface area contributed by atoms with Crippen molar-refractivity contribution in [1.82, 2.24) is 25.1 Å². The third-order valence-electron chi connectivity index (χ3n) is 8.07. The molecule has 5 rings (SSSR count). The predicted octanol–water partition coefficient (Wildman–Crippen LogP) is 2.16. The highest BCUT2D eigenvalue weighted by Crippen LogP contribution is 2.44. The number of rotatable bonds is 4. The van der Waals surface area contributed by atoms with Gasteiger partial charge in [-0.2, -0.15) is 0 Å². The number of nitrogens with two attached hydrogens (primary N) is 2. The standard InChI is InChI=1S/C27H35N9O4/c1-26(2)15-34(24(39)32-16-8-11-33(12-9-16)23(29)38)20-13-18(5-6-19(20)26)36-21(37)27(3,4)35(25(36)40)14-17-7-10-30-22(28)31-17/h5-7,10,13,16H,8-9,11-12,14-15H2,1-4H3,(H2,29,38)(H,32,39)(H2,28,30,31). The molecule has 1 aromatic carbocycles. The number of nitrogens with one attached hydrogen (secondary N) is 1. The summed E-state index contributed by atoms with van der Waals surface area (Å²) in [5.41, 5.74) is 12.1. The monoisotopic (exact) mass is 549 g/mol. The van der Waals surface area contributed by atoms with E-state index in [-0.39, 0.29) is 35.9 Å². The van der Waals surface area contributed by atoms with Crippen LogP contribution in [0.2, 0.25) is 0 Å². The number of hydrogen-bond donors (Lipinski definition) is 3. The third-order valence-corrected chi connectivity index (χ3v) is 8.07. The number of fused-ring (bicyclic) bond motifs is 1. The molecule has 13 nitrogen and oxygen atoms in total. The summed E-state index contributed by atoms with van der Waals surface area (Å²) in [5.74, 6) is -0.294. The molecule has 0 unspecified atom stereocenters. The van der Waals surface area contributed by atoms with Gasteiger partial charge in [-0.05, 0) is 50.5 Å². The van der Waals surface area contributed by atoms with Crippen LogP contribution in [0, 0.1) is 0 Å². The van der Waals surface area contributed by atoms with Crippen molar-refractivity contribution in [1.29, 1.82) is 0 Å². The van der Waals surface area contributed by atoms with Gasteiger partial charge in [0.15, 0.2) is 0 Å². The lowest BCUT2D eigenvalue weighted by molar-refractivity contribution is -0.123. The summed E-state index contributed by atoms with van der Waals surface area (Å²) in [4.78, 5) is 66.0. The van der Waals surface area contributed by atoms with Crippen molar-refractivity contribution in [2.45, 2.75) is 64.1 Å². The van der Waals surface area contributed by atoms with Crippen LogP contribution >= 0.6 is 0 Å². The second-order valence-electron chi connectivity index (χ2n) is 11.7. The smallest absolute Gasteiger partial charge is 0.332 e. The molecule has 2 aromatic rings. The Bertz CT molecular complexity index is 1380. The van der Waals surface area contributed by atoms with Gasteiger partial charge in [0.05, 0.1) is 23.6 Å². The van der Waals surface area contributed by atoms with Gasteiger partial charge in [0.1, 0.15) is 5.54 Å². The molecule has 5 N–H and O–H groups in total. The highest BCUT2D eigenvalue weighted by atomic mass is 16.2. The first-order chi connectivity index (χ1) is 18.8. The minimum Gasteiger partial charge on any atom is -0.368 e. The van der Waals surface area contributed by atoms with Crippen LogP contribution in [0.3, 0.4) is 0 Å². The number of carbonyl (C=O) groups excluding carboxylic acids is 4. The Morgan fingerprint density at radius 2 is 1.80 bits per heavy atom. The SMILES string of the molecule is CC1(C)CN(C(=O)NC2CCN(C(N)=O)CC2)c2cc(N3C(=O)N(Cc4ccnc(N)n4)C(C)(C)C3=O)ccc21. The summed E-state index contributed by atoms with van der Waals surface area (Å²) in [7, 11) is 0. The largest absolute Gasteiger partial charge is 0.368 e. The number of nitrogen functional groups attached to an aromatic ring is 1. The summed E-state index contributed by atoms with van der Waals surface area (Å²) in [6, 6.07) is 5.72. The zero-order valence-electron chi connectivity index (χ0n) is 23.2. The Kier molecular flexibility index (Phi) is 6.55. The molecular formula is C27H35N9O4. The number of imide groups is 1. The molecule has 0 aliphatic carbocycles. The van der Waals surface area contributed by atoms with Crippen molar-refractivity contribution >= 4 is 41.3 Å². The summed E-state index contributed by atoms with van der Waals surface area (Å²) in [6.45, 7) is 8.98. The molecule has 1 aromatic heterocycles. The van der Waals surface area contributed by atoms with Gasteiger partial charge in [-0.3, -0.25) is 9.69 Å². The van der Waals surface area contributed by atoms with E-state index in [1.807, 2.05) is 6.07 Å². The summed E-state index contributed by atoms with van der Waals surface area (Å²) in [5, 5.41) is 3.09. The number of hydrogen-bond acceptors (Lipinski definition) is 7. The van der Waals surface area contributed by atoms with Crippen LogP contribution in [-0.2, 0) is 16.8 Å². The van der Waals surface area contributed by atoms with Gasteiger partial charge < -0.3 is 26.6 Å². The molecule has 2 fully saturated rings. The number of aromatic nitrogens is 2. The van der Waals surface area contributed by atoms with E-state index >= 15 is 0 Å². The maximum atomic E-state index is 13.6. The van der Waals surface area contributed by atoms with Crippen LogP contribution in [0.1, 0.15) is 51.8 Å². The predicted molar refractivity (Wildman–Crippen MR) is 148 cm³/mol. The number of piperidine rings is 1. The quantitative estimate of drug-likeness (QED) is 0.490. The Labute approximate surface area is 232 Å². The number of primary amides is 1. The number of amides is 7. The van der Waals surface area contributed by atoms with Crippen LogP contribution in [0.4, 0.5) is 31.7 Å². The van der Waals surface area contributed by atoms with E-state index in [0.717, 1.165) is 10.5 Å². The number of likely N-dealkylation sites (tertiary alicyclic amines) is 1. The lowest BCUT2D eigenvalue weighted by atomic mass is 9.87. The molecule has 0 saturated carbocycles. The van der Waals surface area contributed by atoms with E-state index in [0.29, 0.717) is 49.5 Å². The molecule has 3 aliphatic heterocycles. The normalized spacial score (nSPS) is 20.2. The van der Waals surface area contributed by atoms with Gasteiger partial charge >= 0.3 is 18.1 Å². The van der Waals surface area contributed by atoms with Crippen molar-refractivity contribution in [3.63, 3.8) is 0 Å². The van der Waals surface area contributed by atoms with Crippen molar-refractivity contribution in [3.05, 3.63) is 41.7 Å². The van der Waals surface area contributed by atoms with Crippen molar-refractivity contribution in [2.24, 2.45) is 5.73 Å². The maximum Gasteiger partial charge on any atom is 0.332 e. The molecule has 2 saturated heterocycles. The number of nitrogens with zero attached hydrogens (tertiary/aromatic N) is 6. The van der Waals surface area contributed by atoms with Crippen LogP contribution in [-0.4, -0.2) is 75.0 Å². The van der Waals surface area contributed by atoms with Gasteiger partial charge in [0.25, 0.3) is 5.91 Å². The fraction of sp³-hybridized carbons (Fsp3) is 0.481. The van der Waals surface area contributed by atoms with Crippen molar-refractivity contribution in [2.75, 3.05) is 35.2 Å². The zero-order valence-corrected chi connectivity index (χ0v) is 23.2. The maximum absolute atomic E-state index is 13.6. The Morgan fingerprint density at radius 1 is 1.10 bits per heavy atom. The molecule has 0 bridgehead atoms. The van der Waals surface area contributed by atoms with Gasteiger partial charge in [-0.25, -0.2) is 29.3 Å². The topological polar surface area (TPSA) is 171 Å². The second-order valence-corrected chi connectivity index (χ2v) is 11.7. The molecular weight excluding hydrogens is 514 g/mol. The minimum atomic E-state index is -1.13. The highest BCUT2D eigenvalue weighted by molar-refractivity contribution is 6.23. The molecule has 13 heteroatoms. The van der Waals surface area contributed by atoms with Crippen molar-refractivity contribution < 1.29 is 19.2 Å². The van der Waals surface area contributed by atoms with E-state index in [9.17, 15) is 19.2 Å². The number of benzene rings is 1. The van der Waals surface area contributed by atoms with E-state index in [1.165, 1.54) is 11.1 Å². The molecule has 3 aliphatic rings. The average molecular weight is 550 g/mol. The Morgan fingerprint density at radius 3 is 2.45 bits per heavy atom. The first-order valence-electron chi connectivity index (χ1n) is 13.3. The van der Waals surface area contributed by atoms with Gasteiger partial charge in [0, 0.05) is 37.3 Å². The highest BCUT2D eigenvalue weighted by Gasteiger charge is 2.52. The van der Waals surface area contributed by atoms with Crippen molar-refractivity contribution in [3.8, 4) is 0 Å². The summed E-state index contributed by atoms with van der Waals surface area (Å²) in [6.07, 6.45) is 2.73. The molecule has 212 valence electrons. The fourth-order valence-corrected chi connectivity index (χ4v) is 5.69. The number of anilines is 3. The fourth-order valence-electron chi connectivity index (χ4n) is 5.69. The lowest BCUT2D eigenvalue weighted by Crippen LogP contribution is -2.51.